The summed E-state index contributed by atoms with van der Waals surface area (Å²) in [5, 5.41) is 3.03. The number of nitrogens with one attached hydrogen (secondary N) is 1. The Kier molecular flexibility index (Phi) is 6.44. The molecule has 0 saturated carbocycles. The zero-order valence-electron chi connectivity index (χ0n) is 14.0. The summed E-state index contributed by atoms with van der Waals surface area (Å²) in [7, 11) is 0. The van der Waals surface area contributed by atoms with Crippen LogP contribution < -0.4 is 10.1 Å². The van der Waals surface area contributed by atoms with Gasteiger partial charge >= 0.3 is 0 Å². The molecule has 2 rings (SSSR count). The standard InChI is InChI=1S/C18H26N2O3/c1-3-4-17(21)19-15-9-11-20(12-10-15)18(22)13-23-16-7-5-14(2)6-8-16/h5-8,15H,3-4,9-13H2,1-2H3,(H,19,21). The Balaban J connectivity index is 1.71. The van der Waals surface area contributed by atoms with Gasteiger partial charge in [-0.1, -0.05) is 24.6 Å². The van der Waals surface area contributed by atoms with Gasteiger partial charge in [0, 0.05) is 25.6 Å². The Morgan fingerprint density at radius 3 is 2.48 bits per heavy atom. The van der Waals surface area contributed by atoms with Gasteiger partial charge in [-0.3, -0.25) is 9.59 Å². The highest BCUT2D eigenvalue weighted by molar-refractivity contribution is 5.78. The number of benzene rings is 1. The van der Waals surface area contributed by atoms with E-state index in [1.807, 2.05) is 43.0 Å². The Labute approximate surface area is 138 Å². The second kappa shape index (κ2) is 8.56. The number of rotatable bonds is 6. The summed E-state index contributed by atoms with van der Waals surface area (Å²) in [6, 6.07) is 7.86. The van der Waals surface area contributed by atoms with Crippen LogP contribution in [0.2, 0.25) is 0 Å². The molecule has 1 heterocycles. The molecule has 0 unspecified atom stereocenters. The molecule has 2 amide bonds. The van der Waals surface area contributed by atoms with Crippen LogP contribution in [0.25, 0.3) is 0 Å². The van der Waals surface area contributed by atoms with E-state index < -0.39 is 0 Å². The molecule has 1 aliphatic heterocycles. The number of carbonyl (C=O) groups is 2. The third-order valence-electron chi connectivity index (χ3n) is 4.07. The molecular formula is C18H26N2O3. The fourth-order valence-electron chi connectivity index (χ4n) is 2.67. The average Bonchev–Trinajstić information content (AvgIpc) is 2.55. The van der Waals surface area contributed by atoms with Crippen LogP contribution in [0.3, 0.4) is 0 Å². The van der Waals surface area contributed by atoms with Crippen molar-refractivity contribution in [2.75, 3.05) is 19.7 Å². The minimum absolute atomic E-state index is 0.00362. The fourth-order valence-corrected chi connectivity index (χ4v) is 2.67. The Morgan fingerprint density at radius 1 is 1.22 bits per heavy atom. The van der Waals surface area contributed by atoms with Crippen LogP contribution in [0, 0.1) is 6.92 Å². The maximum atomic E-state index is 12.2. The predicted octanol–water partition coefficient (Wildman–Crippen LogP) is 2.28. The van der Waals surface area contributed by atoms with Crippen molar-refractivity contribution in [3.8, 4) is 5.75 Å². The van der Waals surface area contributed by atoms with E-state index in [0.717, 1.165) is 24.8 Å². The Bertz CT molecular complexity index is 520. The monoisotopic (exact) mass is 318 g/mol. The lowest BCUT2D eigenvalue weighted by Crippen LogP contribution is -2.47. The van der Waals surface area contributed by atoms with Gasteiger partial charge in [-0.15, -0.1) is 0 Å². The average molecular weight is 318 g/mol. The summed E-state index contributed by atoms with van der Waals surface area (Å²) < 4.78 is 5.54. The van der Waals surface area contributed by atoms with Gasteiger partial charge in [0.25, 0.3) is 5.91 Å². The Morgan fingerprint density at radius 2 is 1.87 bits per heavy atom. The lowest BCUT2D eigenvalue weighted by molar-refractivity contribution is -0.134. The van der Waals surface area contributed by atoms with Gasteiger partial charge in [0.15, 0.2) is 6.61 Å². The molecule has 126 valence electrons. The molecule has 5 heteroatoms. The van der Waals surface area contributed by atoms with Crippen LogP contribution in [0.1, 0.15) is 38.2 Å². The third kappa shape index (κ3) is 5.58. The number of hydrogen-bond donors (Lipinski definition) is 1. The number of hydrogen-bond acceptors (Lipinski definition) is 3. The zero-order valence-corrected chi connectivity index (χ0v) is 14.0. The van der Waals surface area contributed by atoms with E-state index in [4.69, 9.17) is 4.74 Å². The summed E-state index contributed by atoms with van der Waals surface area (Å²) in [4.78, 5) is 25.6. The van der Waals surface area contributed by atoms with Crippen LogP contribution in [-0.4, -0.2) is 42.5 Å². The molecule has 0 spiro atoms. The highest BCUT2D eigenvalue weighted by atomic mass is 16.5. The van der Waals surface area contributed by atoms with Crippen LogP contribution in [0.4, 0.5) is 0 Å². The molecule has 0 aliphatic carbocycles. The highest BCUT2D eigenvalue weighted by Crippen LogP contribution is 2.14. The van der Waals surface area contributed by atoms with Gasteiger partial charge in [0.1, 0.15) is 5.75 Å². The van der Waals surface area contributed by atoms with Crippen molar-refractivity contribution < 1.29 is 14.3 Å². The number of likely N-dealkylation sites (tertiary alicyclic amines) is 1. The summed E-state index contributed by atoms with van der Waals surface area (Å²) in [5.41, 5.74) is 1.16. The number of nitrogens with zero attached hydrogens (tertiary/aromatic N) is 1. The summed E-state index contributed by atoms with van der Waals surface area (Å²) in [5.74, 6) is 0.828. The van der Waals surface area contributed by atoms with Gasteiger partial charge < -0.3 is 15.0 Å². The normalized spacial score (nSPS) is 15.3. The molecule has 0 atom stereocenters. The lowest BCUT2D eigenvalue weighted by Gasteiger charge is -2.32. The summed E-state index contributed by atoms with van der Waals surface area (Å²) >= 11 is 0. The van der Waals surface area contributed by atoms with Crippen molar-refractivity contribution in [3.05, 3.63) is 29.8 Å². The van der Waals surface area contributed by atoms with Crippen molar-refractivity contribution in [3.63, 3.8) is 0 Å². The van der Waals surface area contributed by atoms with Crippen LogP contribution in [0.15, 0.2) is 24.3 Å². The quantitative estimate of drug-likeness (QED) is 0.875. The second-order valence-electron chi connectivity index (χ2n) is 6.07. The van der Waals surface area contributed by atoms with E-state index in [0.29, 0.717) is 25.3 Å². The van der Waals surface area contributed by atoms with Crippen molar-refractivity contribution in [1.29, 1.82) is 0 Å². The lowest BCUT2D eigenvalue weighted by atomic mass is 10.0. The molecular weight excluding hydrogens is 292 g/mol. The van der Waals surface area contributed by atoms with Gasteiger partial charge in [-0.05, 0) is 38.3 Å². The van der Waals surface area contributed by atoms with Crippen LogP contribution in [0.5, 0.6) is 5.75 Å². The van der Waals surface area contributed by atoms with Crippen LogP contribution in [-0.2, 0) is 9.59 Å². The van der Waals surface area contributed by atoms with Crippen molar-refractivity contribution >= 4 is 11.8 Å². The van der Waals surface area contributed by atoms with Gasteiger partial charge in [-0.25, -0.2) is 0 Å². The number of piperidine rings is 1. The summed E-state index contributed by atoms with van der Waals surface area (Å²) in [6.45, 7) is 5.42. The maximum absolute atomic E-state index is 12.2. The largest absolute Gasteiger partial charge is 0.484 e. The molecule has 0 radical (unpaired) electrons. The molecule has 1 aromatic rings. The van der Waals surface area contributed by atoms with Crippen molar-refractivity contribution in [2.45, 2.75) is 45.6 Å². The molecule has 1 aliphatic rings. The predicted molar refractivity (Wildman–Crippen MR) is 89.3 cm³/mol. The molecule has 1 aromatic carbocycles. The molecule has 1 fully saturated rings. The van der Waals surface area contributed by atoms with Gasteiger partial charge in [0.2, 0.25) is 5.91 Å². The first-order valence-electron chi connectivity index (χ1n) is 8.35. The fraction of sp³-hybridized carbons (Fsp3) is 0.556. The maximum Gasteiger partial charge on any atom is 0.260 e. The SMILES string of the molecule is CCCC(=O)NC1CCN(C(=O)COc2ccc(C)cc2)CC1. The number of aryl methyl sites for hydroxylation is 1. The van der Waals surface area contributed by atoms with E-state index in [2.05, 4.69) is 5.32 Å². The zero-order chi connectivity index (χ0) is 16.7. The van der Waals surface area contributed by atoms with E-state index >= 15 is 0 Å². The van der Waals surface area contributed by atoms with E-state index in [1.54, 1.807) is 0 Å². The van der Waals surface area contributed by atoms with E-state index in [1.165, 1.54) is 0 Å². The van der Waals surface area contributed by atoms with E-state index in [-0.39, 0.29) is 24.5 Å². The van der Waals surface area contributed by atoms with E-state index in [9.17, 15) is 9.59 Å². The van der Waals surface area contributed by atoms with Crippen LogP contribution >= 0.6 is 0 Å². The first-order valence-corrected chi connectivity index (χ1v) is 8.35. The first-order chi connectivity index (χ1) is 11.1. The highest BCUT2D eigenvalue weighted by Gasteiger charge is 2.23. The van der Waals surface area contributed by atoms with Gasteiger partial charge in [-0.2, -0.15) is 0 Å². The number of ether oxygens (including phenoxy) is 1. The minimum Gasteiger partial charge on any atom is -0.484 e. The van der Waals surface area contributed by atoms with Gasteiger partial charge in [0.05, 0.1) is 0 Å². The number of amides is 2. The molecule has 0 aromatic heterocycles. The first kappa shape index (κ1) is 17.3. The molecule has 23 heavy (non-hydrogen) atoms. The Hall–Kier alpha value is -2.04. The number of carbonyl (C=O) groups excluding carboxylic acids is 2. The molecule has 1 N–H and O–H groups in total. The third-order valence-corrected chi connectivity index (χ3v) is 4.07. The topological polar surface area (TPSA) is 58.6 Å². The van der Waals surface area contributed by atoms with Crippen molar-refractivity contribution in [2.24, 2.45) is 0 Å². The molecule has 0 bridgehead atoms. The second-order valence-corrected chi connectivity index (χ2v) is 6.07. The summed E-state index contributed by atoms with van der Waals surface area (Å²) in [6.07, 6.45) is 3.06. The molecule has 5 nitrogen and oxygen atoms in total. The minimum atomic E-state index is 0.00362. The van der Waals surface area contributed by atoms with Crippen molar-refractivity contribution in [1.82, 2.24) is 10.2 Å². The molecule has 1 saturated heterocycles. The smallest absolute Gasteiger partial charge is 0.260 e.